The maximum atomic E-state index is 12.6. The Kier molecular flexibility index (Phi) is 5.48. The van der Waals surface area contributed by atoms with Gasteiger partial charge in [0.1, 0.15) is 17.9 Å². The van der Waals surface area contributed by atoms with Crippen molar-refractivity contribution in [3.63, 3.8) is 0 Å². The van der Waals surface area contributed by atoms with Gasteiger partial charge in [0.2, 0.25) is 5.95 Å². The quantitative estimate of drug-likeness (QED) is 0.676. The molecule has 0 bridgehead atoms. The summed E-state index contributed by atoms with van der Waals surface area (Å²) in [6.45, 7) is 2.26. The first-order chi connectivity index (χ1) is 13.3. The van der Waals surface area contributed by atoms with Crippen molar-refractivity contribution in [3.8, 4) is 5.75 Å². The Morgan fingerprint density at radius 3 is 2.79 bits per heavy atom. The molecular formula is C18H23N5O5. The molecule has 0 aromatic carbocycles. The molecule has 2 aromatic rings. The van der Waals surface area contributed by atoms with Gasteiger partial charge < -0.3 is 20.4 Å². The molecule has 3 N–H and O–H groups in total. The van der Waals surface area contributed by atoms with Crippen LogP contribution >= 0.6 is 0 Å². The lowest BCUT2D eigenvalue weighted by Gasteiger charge is -2.35. The van der Waals surface area contributed by atoms with E-state index in [0.29, 0.717) is 12.0 Å². The number of aromatic hydroxyl groups is 1. The number of fused-ring (bicyclic) bond motifs is 1. The number of aromatic nitrogens is 3. The first-order valence-corrected chi connectivity index (χ1v) is 9.20. The number of carboxylic acid groups (broad SMARTS) is 1. The van der Waals surface area contributed by atoms with E-state index in [0.717, 1.165) is 32.2 Å². The van der Waals surface area contributed by atoms with Crippen LogP contribution in [0.25, 0.3) is 11.0 Å². The number of rotatable bonds is 5. The van der Waals surface area contributed by atoms with Gasteiger partial charge >= 0.3 is 5.97 Å². The maximum absolute atomic E-state index is 12.6. The number of aliphatic carboxylic acids is 1. The van der Waals surface area contributed by atoms with Gasteiger partial charge in [-0.05, 0) is 25.7 Å². The highest BCUT2D eigenvalue weighted by molar-refractivity contribution is 6.02. The normalized spacial score (nSPS) is 16.9. The number of carboxylic acids is 1. The van der Waals surface area contributed by atoms with Crippen LogP contribution in [0.4, 0.5) is 5.95 Å². The van der Waals surface area contributed by atoms with Gasteiger partial charge in [-0.15, -0.1) is 0 Å². The second-order valence-corrected chi connectivity index (χ2v) is 6.82. The Labute approximate surface area is 160 Å². The Morgan fingerprint density at radius 2 is 2.11 bits per heavy atom. The molecule has 0 spiro atoms. The van der Waals surface area contributed by atoms with Gasteiger partial charge in [0, 0.05) is 25.8 Å². The number of piperidine rings is 1. The number of carbonyl (C=O) groups is 2. The fourth-order valence-electron chi connectivity index (χ4n) is 3.56. The second-order valence-electron chi connectivity index (χ2n) is 6.82. The molecule has 28 heavy (non-hydrogen) atoms. The molecule has 1 aliphatic heterocycles. The molecule has 0 saturated carbocycles. The highest BCUT2D eigenvalue weighted by atomic mass is 16.4. The number of hydrogen-bond acceptors (Lipinski definition) is 7. The van der Waals surface area contributed by atoms with Crippen molar-refractivity contribution in [2.45, 2.75) is 38.6 Å². The Balaban J connectivity index is 2.07. The van der Waals surface area contributed by atoms with E-state index in [1.807, 2.05) is 0 Å². The number of carbonyl (C=O) groups excluding carboxylic acids is 1. The highest BCUT2D eigenvalue weighted by Gasteiger charge is 2.26. The summed E-state index contributed by atoms with van der Waals surface area (Å²) in [5.74, 6) is -2.30. The number of nitrogens with zero attached hydrogens (tertiary/aromatic N) is 4. The minimum absolute atomic E-state index is 0.149. The zero-order valence-corrected chi connectivity index (χ0v) is 15.8. The maximum Gasteiger partial charge on any atom is 0.322 e. The summed E-state index contributed by atoms with van der Waals surface area (Å²) in [7, 11) is 1.45. The van der Waals surface area contributed by atoms with Crippen LogP contribution in [0.1, 0.15) is 43.0 Å². The summed E-state index contributed by atoms with van der Waals surface area (Å²) in [6, 6.07) is 0.317. The largest absolute Gasteiger partial charge is 0.506 e. The fraction of sp³-hybridized carbons (Fsp3) is 0.500. The van der Waals surface area contributed by atoms with Crippen LogP contribution in [0, 0.1) is 0 Å². The summed E-state index contributed by atoms with van der Waals surface area (Å²) in [5, 5.41) is 21.4. The molecular weight excluding hydrogens is 366 g/mol. The number of amides is 1. The van der Waals surface area contributed by atoms with E-state index >= 15 is 0 Å². The van der Waals surface area contributed by atoms with Gasteiger partial charge in [-0.2, -0.15) is 4.98 Å². The smallest absolute Gasteiger partial charge is 0.322 e. The lowest BCUT2D eigenvalue weighted by molar-refractivity contribution is -0.135. The van der Waals surface area contributed by atoms with Gasteiger partial charge in [0.25, 0.3) is 11.5 Å². The average molecular weight is 389 g/mol. The molecule has 10 nitrogen and oxygen atoms in total. The fourth-order valence-corrected chi connectivity index (χ4v) is 3.56. The van der Waals surface area contributed by atoms with E-state index in [2.05, 4.69) is 27.1 Å². The average Bonchev–Trinajstić information content (AvgIpc) is 2.70. The van der Waals surface area contributed by atoms with Crippen LogP contribution in [-0.2, 0) is 11.8 Å². The molecule has 2 aromatic heterocycles. The molecule has 1 aliphatic rings. The molecule has 0 radical (unpaired) electrons. The van der Waals surface area contributed by atoms with E-state index in [1.165, 1.54) is 17.8 Å². The van der Waals surface area contributed by atoms with Gasteiger partial charge in [-0.3, -0.25) is 19.0 Å². The zero-order valence-electron chi connectivity index (χ0n) is 15.8. The third-order valence-corrected chi connectivity index (χ3v) is 5.07. The number of aryl methyl sites for hydroxylation is 1. The van der Waals surface area contributed by atoms with Gasteiger partial charge in [0.15, 0.2) is 5.65 Å². The van der Waals surface area contributed by atoms with Crippen molar-refractivity contribution in [1.29, 1.82) is 0 Å². The molecule has 1 unspecified atom stereocenters. The molecule has 150 valence electrons. The molecule has 1 fully saturated rings. The van der Waals surface area contributed by atoms with E-state index in [1.54, 1.807) is 0 Å². The van der Waals surface area contributed by atoms with Crippen LogP contribution in [-0.4, -0.2) is 55.8 Å². The molecule has 3 rings (SSSR count). The monoisotopic (exact) mass is 389 g/mol. The molecule has 1 atom stereocenters. The van der Waals surface area contributed by atoms with Crippen molar-refractivity contribution >= 4 is 28.9 Å². The lowest BCUT2D eigenvalue weighted by atomic mass is 10.0. The van der Waals surface area contributed by atoms with Crippen LogP contribution in [0.5, 0.6) is 5.75 Å². The minimum Gasteiger partial charge on any atom is -0.506 e. The standard InChI is InChI=1S/C18H23N5O5/c1-3-10-6-4-5-7-23(10)18-20-8-11-14(26)13(16(27)19-9-12(24)25)17(28)22(2)15(11)21-18/h8,10,26H,3-7,9H2,1-2H3,(H,19,27)(H,24,25). The van der Waals surface area contributed by atoms with Crippen molar-refractivity contribution in [3.05, 3.63) is 22.1 Å². The van der Waals surface area contributed by atoms with Gasteiger partial charge in [0.05, 0.1) is 5.39 Å². The van der Waals surface area contributed by atoms with Crippen molar-refractivity contribution < 1.29 is 19.8 Å². The SMILES string of the molecule is CCC1CCCCN1c1ncc2c(O)c(C(=O)NCC(=O)O)c(=O)n(C)c2n1. The predicted octanol–water partition coefficient (Wildman–Crippen LogP) is 0.617. The number of nitrogens with one attached hydrogen (secondary N) is 1. The Morgan fingerprint density at radius 1 is 1.36 bits per heavy atom. The summed E-state index contributed by atoms with van der Waals surface area (Å²) in [5.41, 5.74) is -1.08. The first kappa shape index (κ1) is 19.6. The van der Waals surface area contributed by atoms with Crippen molar-refractivity contribution in [2.24, 2.45) is 7.05 Å². The minimum atomic E-state index is -1.26. The molecule has 3 heterocycles. The van der Waals surface area contributed by atoms with Crippen LogP contribution in [0.2, 0.25) is 0 Å². The van der Waals surface area contributed by atoms with Crippen LogP contribution in [0.3, 0.4) is 0 Å². The Bertz CT molecular complexity index is 986. The highest BCUT2D eigenvalue weighted by Crippen LogP contribution is 2.28. The third kappa shape index (κ3) is 3.49. The van der Waals surface area contributed by atoms with Crippen LogP contribution < -0.4 is 15.8 Å². The Hall–Kier alpha value is -3.17. The zero-order chi connectivity index (χ0) is 20.4. The number of anilines is 1. The lowest BCUT2D eigenvalue weighted by Crippen LogP contribution is -2.40. The summed E-state index contributed by atoms with van der Waals surface area (Å²) in [6.07, 6.45) is 5.57. The third-order valence-electron chi connectivity index (χ3n) is 5.07. The summed E-state index contributed by atoms with van der Waals surface area (Å²) in [4.78, 5) is 46.4. The summed E-state index contributed by atoms with van der Waals surface area (Å²) < 4.78 is 1.17. The summed E-state index contributed by atoms with van der Waals surface area (Å²) >= 11 is 0. The van der Waals surface area contributed by atoms with Crippen molar-refractivity contribution in [1.82, 2.24) is 19.9 Å². The topological polar surface area (TPSA) is 138 Å². The first-order valence-electron chi connectivity index (χ1n) is 9.20. The molecule has 0 aliphatic carbocycles. The van der Waals surface area contributed by atoms with E-state index < -0.39 is 35.3 Å². The molecule has 1 amide bonds. The molecule has 10 heteroatoms. The van der Waals surface area contributed by atoms with Crippen LogP contribution in [0.15, 0.2) is 11.0 Å². The van der Waals surface area contributed by atoms with E-state index in [4.69, 9.17) is 5.11 Å². The van der Waals surface area contributed by atoms with E-state index in [-0.39, 0.29) is 11.0 Å². The van der Waals surface area contributed by atoms with Crippen molar-refractivity contribution in [2.75, 3.05) is 18.0 Å². The number of pyridine rings is 1. The molecule has 1 saturated heterocycles. The number of hydrogen-bond donors (Lipinski definition) is 3. The second kappa shape index (κ2) is 7.83. The van der Waals surface area contributed by atoms with E-state index in [9.17, 15) is 19.5 Å². The van der Waals surface area contributed by atoms with Gasteiger partial charge in [-0.25, -0.2) is 4.98 Å². The van der Waals surface area contributed by atoms with Gasteiger partial charge in [-0.1, -0.05) is 6.92 Å². The predicted molar refractivity (Wildman–Crippen MR) is 102 cm³/mol.